The van der Waals surface area contributed by atoms with E-state index < -0.39 is 5.54 Å². The van der Waals surface area contributed by atoms with Crippen LogP contribution < -0.4 is 0 Å². The van der Waals surface area contributed by atoms with E-state index in [0.29, 0.717) is 0 Å². The van der Waals surface area contributed by atoms with Crippen LogP contribution in [-0.4, -0.2) is 10.6 Å². The highest BCUT2D eigenvalue weighted by Crippen LogP contribution is 2.31. The number of benzene rings is 1. The minimum atomic E-state index is -0.525. The standard InChI is InChI=1S/C13H14N2O/c1-13(2,14-9-16)11-5-4-6-12-10(11)7-8-15(12)3/h4-8H,1-3H3. The van der Waals surface area contributed by atoms with Crippen LogP contribution in [0.4, 0.5) is 0 Å². The number of isocyanates is 1. The zero-order chi connectivity index (χ0) is 11.8. The number of hydrogen-bond donors (Lipinski definition) is 0. The smallest absolute Gasteiger partial charge is 0.235 e. The number of fused-ring (bicyclic) bond motifs is 1. The second-order valence-electron chi connectivity index (χ2n) is 4.43. The van der Waals surface area contributed by atoms with E-state index >= 15 is 0 Å². The highest BCUT2D eigenvalue weighted by atomic mass is 16.1. The number of hydrogen-bond acceptors (Lipinski definition) is 2. The predicted molar refractivity (Wildman–Crippen MR) is 64.1 cm³/mol. The Labute approximate surface area is 94.4 Å². The topological polar surface area (TPSA) is 34.4 Å². The van der Waals surface area contributed by atoms with E-state index in [1.165, 1.54) is 0 Å². The van der Waals surface area contributed by atoms with Gasteiger partial charge < -0.3 is 4.57 Å². The molecule has 0 aliphatic rings. The number of rotatable bonds is 2. The molecule has 1 aromatic heterocycles. The summed E-state index contributed by atoms with van der Waals surface area (Å²) in [6, 6.07) is 8.09. The largest absolute Gasteiger partial charge is 0.351 e. The van der Waals surface area contributed by atoms with Crippen LogP contribution in [0.1, 0.15) is 19.4 Å². The van der Waals surface area contributed by atoms with Gasteiger partial charge in [0.1, 0.15) is 0 Å². The van der Waals surface area contributed by atoms with Gasteiger partial charge >= 0.3 is 0 Å². The van der Waals surface area contributed by atoms with Crippen molar-refractivity contribution in [3.8, 4) is 0 Å². The number of nitrogens with zero attached hydrogens (tertiary/aromatic N) is 2. The molecule has 0 unspecified atom stereocenters. The first-order valence-electron chi connectivity index (χ1n) is 5.20. The molecule has 0 fully saturated rings. The molecule has 1 heterocycles. The van der Waals surface area contributed by atoms with Gasteiger partial charge in [-0.2, -0.15) is 4.99 Å². The monoisotopic (exact) mass is 214 g/mol. The molecule has 0 atom stereocenters. The van der Waals surface area contributed by atoms with E-state index in [1.807, 2.05) is 45.3 Å². The molecular formula is C13H14N2O. The third-order valence-corrected chi connectivity index (χ3v) is 2.91. The van der Waals surface area contributed by atoms with Gasteiger partial charge in [0.2, 0.25) is 6.08 Å². The Kier molecular flexibility index (Phi) is 2.41. The molecule has 82 valence electrons. The summed E-state index contributed by atoms with van der Waals surface area (Å²) in [5, 5.41) is 1.13. The SMILES string of the molecule is Cn1ccc2c(C(C)(C)N=C=O)cccc21. The van der Waals surface area contributed by atoms with Gasteiger partial charge in [0.25, 0.3) is 0 Å². The first-order valence-corrected chi connectivity index (χ1v) is 5.20. The Morgan fingerprint density at radius 3 is 2.75 bits per heavy atom. The summed E-state index contributed by atoms with van der Waals surface area (Å²) < 4.78 is 2.06. The van der Waals surface area contributed by atoms with Gasteiger partial charge in [-0.15, -0.1) is 0 Å². The minimum Gasteiger partial charge on any atom is -0.351 e. The Morgan fingerprint density at radius 2 is 2.06 bits per heavy atom. The Bertz CT molecular complexity index is 575. The fourth-order valence-corrected chi connectivity index (χ4v) is 2.01. The van der Waals surface area contributed by atoms with Crippen molar-refractivity contribution in [1.82, 2.24) is 4.57 Å². The van der Waals surface area contributed by atoms with Gasteiger partial charge in [-0.05, 0) is 31.5 Å². The summed E-state index contributed by atoms with van der Waals surface area (Å²) in [6.45, 7) is 3.83. The molecule has 0 bridgehead atoms. The molecule has 2 aromatic rings. The zero-order valence-electron chi connectivity index (χ0n) is 9.69. The van der Waals surface area contributed by atoms with Crippen molar-refractivity contribution in [3.63, 3.8) is 0 Å². The van der Waals surface area contributed by atoms with Crippen LogP contribution in [0.25, 0.3) is 10.9 Å². The molecule has 3 heteroatoms. The fraction of sp³-hybridized carbons (Fsp3) is 0.308. The lowest BCUT2D eigenvalue weighted by molar-refractivity contribution is 0.525. The quantitative estimate of drug-likeness (QED) is 0.559. The fourth-order valence-electron chi connectivity index (χ4n) is 2.01. The zero-order valence-corrected chi connectivity index (χ0v) is 9.69. The van der Waals surface area contributed by atoms with Gasteiger partial charge in [0.15, 0.2) is 0 Å². The van der Waals surface area contributed by atoms with Crippen molar-refractivity contribution in [1.29, 1.82) is 0 Å². The summed E-state index contributed by atoms with van der Waals surface area (Å²) >= 11 is 0. The van der Waals surface area contributed by atoms with Crippen LogP contribution in [0.5, 0.6) is 0 Å². The van der Waals surface area contributed by atoms with Crippen molar-refractivity contribution in [2.24, 2.45) is 12.0 Å². The molecule has 0 N–H and O–H groups in total. The molecular weight excluding hydrogens is 200 g/mol. The van der Waals surface area contributed by atoms with Crippen LogP contribution in [0.3, 0.4) is 0 Å². The summed E-state index contributed by atoms with van der Waals surface area (Å²) in [7, 11) is 2.00. The molecule has 3 nitrogen and oxygen atoms in total. The molecule has 16 heavy (non-hydrogen) atoms. The molecule has 0 amide bonds. The van der Waals surface area contributed by atoms with Crippen LogP contribution >= 0.6 is 0 Å². The van der Waals surface area contributed by atoms with Crippen LogP contribution in [0.15, 0.2) is 35.5 Å². The molecule has 0 saturated heterocycles. The van der Waals surface area contributed by atoms with Gasteiger partial charge in [-0.3, -0.25) is 0 Å². The van der Waals surface area contributed by atoms with Gasteiger partial charge in [-0.25, -0.2) is 4.79 Å². The second kappa shape index (κ2) is 3.62. The lowest BCUT2D eigenvalue weighted by atomic mass is 9.92. The van der Waals surface area contributed by atoms with Crippen LogP contribution in [0, 0.1) is 0 Å². The third-order valence-electron chi connectivity index (χ3n) is 2.91. The first kappa shape index (κ1) is 10.7. The minimum absolute atomic E-state index is 0.525. The predicted octanol–water partition coefficient (Wildman–Crippen LogP) is 2.75. The summed E-state index contributed by atoms with van der Waals surface area (Å²) in [6.07, 6.45) is 3.65. The van der Waals surface area contributed by atoms with Gasteiger partial charge in [0, 0.05) is 24.1 Å². The van der Waals surface area contributed by atoms with E-state index in [4.69, 9.17) is 0 Å². The Balaban J connectivity index is 2.74. The highest BCUT2D eigenvalue weighted by Gasteiger charge is 2.22. The van der Waals surface area contributed by atoms with Gasteiger partial charge in [-0.1, -0.05) is 12.1 Å². The van der Waals surface area contributed by atoms with Crippen molar-refractivity contribution in [2.75, 3.05) is 0 Å². The normalized spacial score (nSPS) is 11.4. The number of aliphatic imine (C=N–C) groups is 1. The molecule has 0 spiro atoms. The number of carbonyl (C=O) groups excluding carboxylic acids is 1. The number of aromatic nitrogens is 1. The maximum absolute atomic E-state index is 10.4. The van der Waals surface area contributed by atoms with Crippen molar-refractivity contribution in [3.05, 3.63) is 36.0 Å². The molecule has 0 radical (unpaired) electrons. The van der Waals surface area contributed by atoms with E-state index in [1.54, 1.807) is 6.08 Å². The van der Waals surface area contributed by atoms with E-state index in [2.05, 4.69) is 15.6 Å². The molecule has 0 aliphatic heterocycles. The molecule has 2 rings (SSSR count). The van der Waals surface area contributed by atoms with E-state index in [9.17, 15) is 4.79 Å². The Hall–Kier alpha value is -1.86. The lowest BCUT2D eigenvalue weighted by Gasteiger charge is -2.19. The van der Waals surface area contributed by atoms with Gasteiger partial charge in [0.05, 0.1) is 5.54 Å². The first-order chi connectivity index (χ1) is 7.56. The van der Waals surface area contributed by atoms with E-state index in [0.717, 1.165) is 16.5 Å². The highest BCUT2D eigenvalue weighted by molar-refractivity contribution is 5.84. The molecule has 0 aliphatic carbocycles. The third kappa shape index (κ3) is 1.55. The second-order valence-corrected chi connectivity index (χ2v) is 4.43. The molecule has 1 aromatic carbocycles. The number of aryl methyl sites for hydroxylation is 1. The molecule has 0 saturated carbocycles. The van der Waals surface area contributed by atoms with Crippen molar-refractivity contribution < 1.29 is 4.79 Å². The maximum Gasteiger partial charge on any atom is 0.235 e. The van der Waals surface area contributed by atoms with Crippen LogP contribution in [-0.2, 0) is 17.4 Å². The van der Waals surface area contributed by atoms with E-state index in [-0.39, 0.29) is 0 Å². The Morgan fingerprint density at radius 1 is 1.31 bits per heavy atom. The summed E-state index contributed by atoms with van der Waals surface area (Å²) in [5.74, 6) is 0. The summed E-state index contributed by atoms with van der Waals surface area (Å²) in [4.78, 5) is 14.3. The summed E-state index contributed by atoms with van der Waals surface area (Å²) in [5.41, 5.74) is 1.67. The maximum atomic E-state index is 10.4. The van der Waals surface area contributed by atoms with Crippen molar-refractivity contribution >= 4 is 17.0 Å². The van der Waals surface area contributed by atoms with Crippen LogP contribution in [0.2, 0.25) is 0 Å². The van der Waals surface area contributed by atoms with Crippen molar-refractivity contribution in [2.45, 2.75) is 19.4 Å². The lowest BCUT2D eigenvalue weighted by Crippen LogP contribution is -2.13. The average molecular weight is 214 g/mol. The average Bonchev–Trinajstić information content (AvgIpc) is 2.60.